The molecule has 3 saturated heterocycles. The molecule has 7 heteroatoms. The minimum Gasteiger partial charge on any atom is -0.436 e. The normalized spacial score (nSPS) is 23.1. The summed E-state index contributed by atoms with van der Waals surface area (Å²) in [5.74, 6) is 0. The molecule has 144 valence electrons. The van der Waals surface area contributed by atoms with Crippen LogP contribution in [-0.2, 0) is 4.74 Å². The SMILES string of the molecule is C=C1N(c2ccccc2)C(=O)OC12CCN(C(=O)N1CCN(C)CC1)CC2. The van der Waals surface area contributed by atoms with Crippen molar-refractivity contribution >= 4 is 17.8 Å². The maximum atomic E-state index is 12.8. The molecule has 0 aliphatic carbocycles. The van der Waals surface area contributed by atoms with Gasteiger partial charge in [-0.05, 0) is 19.2 Å². The number of rotatable bonds is 1. The lowest BCUT2D eigenvalue weighted by Crippen LogP contribution is -2.55. The number of urea groups is 1. The molecule has 3 amide bonds. The van der Waals surface area contributed by atoms with Gasteiger partial charge in [0.2, 0.25) is 0 Å². The van der Waals surface area contributed by atoms with Gasteiger partial charge in [0.1, 0.15) is 0 Å². The summed E-state index contributed by atoms with van der Waals surface area (Å²) in [6.07, 6.45) is 0.783. The molecule has 3 aliphatic rings. The van der Waals surface area contributed by atoms with Gasteiger partial charge in [0.25, 0.3) is 0 Å². The Morgan fingerprint density at radius 1 is 1.00 bits per heavy atom. The number of likely N-dealkylation sites (N-methyl/N-ethyl adjacent to an activating group) is 1. The molecule has 0 atom stereocenters. The summed E-state index contributed by atoms with van der Waals surface area (Å²) < 4.78 is 5.79. The number of ether oxygens (including phenoxy) is 1. The Kier molecular flexibility index (Phi) is 4.55. The molecule has 0 aromatic heterocycles. The van der Waals surface area contributed by atoms with Gasteiger partial charge in [-0.25, -0.2) is 14.5 Å². The van der Waals surface area contributed by atoms with Crippen LogP contribution in [0, 0.1) is 0 Å². The number of carbonyl (C=O) groups is 2. The highest BCUT2D eigenvalue weighted by Gasteiger charge is 2.51. The molecular weight excluding hydrogens is 344 g/mol. The number of hydrogen-bond donors (Lipinski definition) is 0. The van der Waals surface area contributed by atoms with Crippen LogP contribution in [0.25, 0.3) is 0 Å². The Hall–Kier alpha value is -2.54. The van der Waals surface area contributed by atoms with Crippen molar-refractivity contribution in [3.05, 3.63) is 42.6 Å². The number of para-hydroxylation sites is 1. The minimum atomic E-state index is -0.703. The summed E-state index contributed by atoms with van der Waals surface area (Å²) in [6.45, 7) is 8.65. The molecule has 27 heavy (non-hydrogen) atoms. The molecule has 7 nitrogen and oxygen atoms in total. The van der Waals surface area contributed by atoms with Crippen LogP contribution in [0.4, 0.5) is 15.3 Å². The van der Waals surface area contributed by atoms with Crippen molar-refractivity contribution in [2.75, 3.05) is 51.2 Å². The average molecular weight is 370 g/mol. The fourth-order valence-electron chi connectivity index (χ4n) is 4.07. The maximum Gasteiger partial charge on any atom is 0.419 e. The van der Waals surface area contributed by atoms with Crippen LogP contribution in [0.1, 0.15) is 12.8 Å². The summed E-state index contributed by atoms with van der Waals surface area (Å²) in [7, 11) is 2.07. The number of piperazine rings is 1. The van der Waals surface area contributed by atoms with E-state index in [1.54, 1.807) is 4.90 Å². The lowest BCUT2D eigenvalue weighted by atomic mass is 9.88. The Balaban J connectivity index is 1.42. The second-order valence-corrected chi connectivity index (χ2v) is 7.54. The first-order chi connectivity index (χ1) is 13.0. The van der Waals surface area contributed by atoms with Crippen molar-refractivity contribution < 1.29 is 14.3 Å². The Labute approximate surface area is 159 Å². The predicted molar refractivity (Wildman–Crippen MR) is 103 cm³/mol. The number of anilines is 1. The average Bonchev–Trinajstić information content (AvgIpc) is 2.93. The first-order valence-corrected chi connectivity index (χ1v) is 9.50. The molecule has 3 fully saturated rings. The van der Waals surface area contributed by atoms with E-state index in [4.69, 9.17) is 4.74 Å². The van der Waals surface area contributed by atoms with Crippen molar-refractivity contribution in [3.8, 4) is 0 Å². The van der Waals surface area contributed by atoms with Crippen LogP contribution in [0.2, 0.25) is 0 Å². The van der Waals surface area contributed by atoms with Crippen LogP contribution in [0.15, 0.2) is 42.6 Å². The van der Waals surface area contributed by atoms with Gasteiger partial charge in [-0.15, -0.1) is 0 Å². The lowest BCUT2D eigenvalue weighted by molar-refractivity contribution is 0.0182. The van der Waals surface area contributed by atoms with E-state index in [2.05, 4.69) is 18.5 Å². The topological polar surface area (TPSA) is 56.3 Å². The first kappa shape index (κ1) is 17.9. The zero-order valence-electron chi connectivity index (χ0n) is 15.8. The van der Waals surface area contributed by atoms with Gasteiger partial charge in [0, 0.05) is 52.1 Å². The molecular formula is C20H26N4O3. The predicted octanol–water partition coefficient (Wildman–Crippen LogP) is 2.36. The number of benzene rings is 1. The van der Waals surface area contributed by atoms with Crippen LogP contribution < -0.4 is 4.90 Å². The quantitative estimate of drug-likeness (QED) is 0.762. The highest BCUT2D eigenvalue weighted by molar-refractivity contribution is 5.95. The van der Waals surface area contributed by atoms with Crippen LogP contribution >= 0.6 is 0 Å². The molecule has 0 bridgehead atoms. The fourth-order valence-corrected chi connectivity index (χ4v) is 4.07. The van der Waals surface area contributed by atoms with E-state index in [9.17, 15) is 9.59 Å². The van der Waals surface area contributed by atoms with Gasteiger partial charge in [-0.1, -0.05) is 24.8 Å². The van der Waals surface area contributed by atoms with Gasteiger partial charge in [0.15, 0.2) is 5.60 Å². The molecule has 3 aliphatic heterocycles. The highest BCUT2D eigenvalue weighted by Crippen LogP contribution is 2.42. The summed E-state index contributed by atoms with van der Waals surface area (Å²) >= 11 is 0. The van der Waals surface area contributed by atoms with E-state index in [1.165, 1.54) is 0 Å². The molecule has 0 saturated carbocycles. The van der Waals surface area contributed by atoms with E-state index in [0.717, 1.165) is 31.9 Å². The molecule has 1 aromatic rings. The molecule has 4 rings (SSSR count). The van der Waals surface area contributed by atoms with Crippen molar-refractivity contribution in [1.29, 1.82) is 0 Å². The van der Waals surface area contributed by atoms with Gasteiger partial charge < -0.3 is 19.4 Å². The largest absolute Gasteiger partial charge is 0.436 e. The zero-order chi connectivity index (χ0) is 19.0. The molecule has 0 radical (unpaired) electrons. The van der Waals surface area contributed by atoms with Crippen LogP contribution in [0.5, 0.6) is 0 Å². The summed E-state index contributed by atoms with van der Waals surface area (Å²) in [4.78, 5) is 32.9. The third-order valence-electron chi connectivity index (χ3n) is 5.89. The summed E-state index contributed by atoms with van der Waals surface area (Å²) in [5.41, 5.74) is 0.733. The number of hydrogen-bond acceptors (Lipinski definition) is 4. The molecule has 0 N–H and O–H groups in total. The zero-order valence-corrected chi connectivity index (χ0v) is 15.8. The number of likely N-dealkylation sites (tertiary alicyclic amines) is 1. The standard InChI is InChI=1S/C20H26N4O3/c1-16-20(27-19(26)24(16)17-6-4-3-5-7-17)8-10-22(11-9-20)18(25)23-14-12-21(2)13-15-23/h3-7H,1,8-15H2,2H3. The van der Waals surface area contributed by atoms with Gasteiger partial charge in [0.05, 0.1) is 11.4 Å². The van der Waals surface area contributed by atoms with Gasteiger partial charge in [-0.3, -0.25) is 0 Å². The number of carbonyl (C=O) groups excluding carboxylic acids is 2. The van der Waals surface area contributed by atoms with E-state index >= 15 is 0 Å². The monoisotopic (exact) mass is 370 g/mol. The summed E-state index contributed by atoms with van der Waals surface area (Å²) in [5, 5.41) is 0. The fraction of sp³-hybridized carbons (Fsp3) is 0.500. The highest BCUT2D eigenvalue weighted by atomic mass is 16.6. The maximum absolute atomic E-state index is 12.8. The van der Waals surface area contributed by atoms with Crippen molar-refractivity contribution in [2.24, 2.45) is 0 Å². The molecule has 1 aromatic carbocycles. The first-order valence-electron chi connectivity index (χ1n) is 9.50. The van der Waals surface area contributed by atoms with E-state index in [-0.39, 0.29) is 12.1 Å². The third-order valence-corrected chi connectivity index (χ3v) is 5.89. The van der Waals surface area contributed by atoms with Crippen molar-refractivity contribution in [3.63, 3.8) is 0 Å². The van der Waals surface area contributed by atoms with Crippen molar-refractivity contribution in [1.82, 2.24) is 14.7 Å². The van der Waals surface area contributed by atoms with Crippen molar-refractivity contribution in [2.45, 2.75) is 18.4 Å². The number of nitrogens with zero attached hydrogens (tertiary/aromatic N) is 4. The van der Waals surface area contributed by atoms with Crippen LogP contribution in [0.3, 0.4) is 0 Å². The number of amides is 3. The molecule has 3 heterocycles. The van der Waals surface area contributed by atoms with Crippen LogP contribution in [-0.4, -0.2) is 78.7 Å². The van der Waals surface area contributed by atoms with E-state index < -0.39 is 5.60 Å². The van der Waals surface area contributed by atoms with Gasteiger partial charge in [-0.2, -0.15) is 0 Å². The molecule has 1 spiro atoms. The third kappa shape index (κ3) is 3.16. The second kappa shape index (κ2) is 6.88. The van der Waals surface area contributed by atoms with E-state index in [0.29, 0.717) is 31.6 Å². The minimum absolute atomic E-state index is 0.0906. The Morgan fingerprint density at radius 2 is 1.59 bits per heavy atom. The Bertz CT molecular complexity index is 735. The Morgan fingerprint density at radius 3 is 2.22 bits per heavy atom. The second-order valence-electron chi connectivity index (χ2n) is 7.54. The molecule has 0 unspecified atom stereocenters. The smallest absolute Gasteiger partial charge is 0.419 e. The van der Waals surface area contributed by atoms with E-state index in [1.807, 2.05) is 40.1 Å². The lowest BCUT2D eigenvalue weighted by Gasteiger charge is -2.41. The van der Waals surface area contributed by atoms with Gasteiger partial charge >= 0.3 is 12.1 Å². The summed E-state index contributed by atoms with van der Waals surface area (Å²) in [6, 6.07) is 9.52. The number of piperidine rings is 1.